The molecule has 0 spiro atoms. The molecule has 2 aromatic carbocycles. The molecule has 0 unspecified atom stereocenters. The third-order valence-corrected chi connectivity index (χ3v) is 3.46. The van der Waals surface area contributed by atoms with Crippen LogP contribution in [0.3, 0.4) is 0 Å². The molecule has 0 amide bonds. The van der Waals surface area contributed by atoms with E-state index in [2.05, 4.69) is 0 Å². The van der Waals surface area contributed by atoms with Crippen LogP contribution in [0.15, 0.2) is 42.5 Å². The summed E-state index contributed by atoms with van der Waals surface area (Å²) >= 11 is 6.09. The summed E-state index contributed by atoms with van der Waals surface area (Å²) in [6.07, 6.45) is 3.11. The molecule has 2 aromatic rings. The highest BCUT2D eigenvalue weighted by Crippen LogP contribution is 2.40. The van der Waals surface area contributed by atoms with E-state index >= 15 is 0 Å². The normalized spacial score (nSPS) is 12.4. The SMILES string of the molecule is N#Cc1ccc(C(=O)/C=C/c2cc(Cl)c3c(c2)OCO3)cc1. The topological polar surface area (TPSA) is 59.3 Å². The Hall–Kier alpha value is -2.77. The molecule has 0 atom stereocenters. The fourth-order valence-electron chi connectivity index (χ4n) is 2.06. The zero-order chi connectivity index (χ0) is 15.5. The van der Waals surface area contributed by atoms with Gasteiger partial charge in [0.15, 0.2) is 17.3 Å². The van der Waals surface area contributed by atoms with Gasteiger partial charge in [-0.2, -0.15) is 5.26 Å². The fourth-order valence-corrected chi connectivity index (χ4v) is 2.33. The van der Waals surface area contributed by atoms with Crippen LogP contribution < -0.4 is 9.47 Å². The first-order valence-corrected chi connectivity index (χ1v) is 6.87. The van der Waals surface area contributed by atoms with Crippen molar-refractivity contribution in [1.29, 1.82) is 5.26 Å². The Morgan fingerprint density at radius 3 is 2.73 bits per heavy atom. The van der Waals surface area contributed by atoms with E-state index in [9.17, 15) is 4.79 Å². The molecular formula is C17H10ClNO3. The number of hydrogen-bond acceptors (Lipinski definition) is 4. The van der Waals surface area contributed by atoms with Crippen LogP contribution in [-0.4, -0.2) is 12.6 Å². The van der Waals surface area contributed by atoms with Crippen molar-refractivity contribution >= 4 is 23.5 Å². The van der Waals surface area contributed by atoms with Crippen molar-refractivity contribution in [2.45, 2.75) is 0 Å². The van der Waals surface area contributed by atoms with E-state index < -0.39 is 0 Å². The quantitative estimate of drug-likeness (QED) is 0.638. The van der Waals surface area contributed by atoms with Crippen LogP contribution in [0, 0.1) is 11.3 Å². The molecule has 5 heteroatoms. The van der Waals surface area contributed by atoms with Gasteiger partial charge in [-0.25, -0.2) is 0 Å². The number of ketones is 1. The van der Waals surface area contributed by atoms with Crippen molar-refractivity contribution in [3.8, 4) is 17.6 Å². The number of nitriles is 1. The van der Waals surface area contributed by atoms with Crippen molar-refractivity contribution in [1.82, 2.24) is 0 Å². The van der Waals surface area contributed by atoms with Crippen LogP contribution in [0.2, 0.25) is 5.02 Å². The first-order chi connectivity index (χ1) is 10.7. The van der Waals surface area contributed by atoms with E-state index in [4.69, 9.17) is 26.3 Å². The van der Waals surface area contributed by atoms with E-state index in [1.807, 2.05) is 6.07 Å². The van der Waals surface area contributed by atoms with Gasteiger partial charge < -0.3 is 9.47 Å². The molecular weight excluding hydrogens is 302 g/mol. The third-order valence-electron chi connectivity index (χ3n) is 3.18. The van der Waals surface area contributed by atoms with Crippen molar-refractivity contribution < 1.29 is 14.3 Å². The second kappa shape index (κ2) is 5.92. The fraction of sp³-hybridized carbons (Fsp3) is 0.0588. The van der Waals surface area contributed by atoms with Gasteiger partial charge in [-0.1, -0.05) is 17.7 Å². The molecule has 0 saturated heterocycles. The second-order valence-electron chi connectivity index (χ2n) is 4.62. The van der Waals surface area contributed by atoms with Crippen LogP contribution in [0.5, 0.6) is 11.5 Å². The molecule has 4 nitrogen and oxygen atoms in total. The monoisotopic (exact) mass is 311 g/mol. The molecule has 108 valence electrons. The summed E-state index contributed by atoms with van der Waals surface area (Å²) in [7, 11) is 0. The van der Waals surface area contributed by atoms with E-state index in [0.29, 0.717) is 27.6 Å². The molecule has 3 rings (SSSR count). The Labute approximate surface area is 132 Å². The van der Waals surface area contributed by atoms with E-state index in [-0.39, 0.29) is 12.6 Å². The van der Waals surface area contributed by atoms with Crippen LogP contribution in [0.4, 0.5) is 0 Å². The van der Waals surface area contributed by atoms with Crippen LogP contribution in [0.25, 0.3) is 6.08 Å². The number of carbonyl (C=O) groups is 1. The van der Waals surface area contributed by atoms with E-state index in [0.717, 1.165) is 5.56 Å². The highest BCUT2D eigenvalue weighted by Gasteiger charge is 2.17. The molecule has 0 fully saturated rings. The number of carbonyl (C=O) groups excluding carboxylic acids is 1. The summed E-state index contributed by atoms with van der Waals surface area (Å²) in [6.45, 7) is 0.145. The van der Waals surface area contributed by atoms with Crippen molar-refractivity contribution in [3.05, 3.63) is 64.2 Å². The highest BCUT2D eigenvalue weighted by atomic mass is 35.5. The molecule has 0 aliphatic carbocycles. The number of allylic oxidation sites excluding steroid dienone is 1. The van der Waals surface area contributed by atoms with Gasteiger partial charge in [-0.3, -0.25) is 4.79 Å². The average Bonchev–Trinajstić information content (AvgIpc) is 3.02. The van der Waals surface area contributed by atoms with Gasteiger partial charge in [0.1, 0.15) is 0 Å². The lowest BCUT2D eigenvalue weighted by molar-refractivity contribution is 0.104. The lowest BCUT2D eigenvalue weighted by Gasteiger charge is -2.01. The molecule has 1 heterocycles. The molecule has 0 bridgehead atoms. The zero-order valence-electron chi connectivity index (χ0n) is 11.4. The maximum atomic E-state index is 12.1. The number of halogens is 1. The summed E-state index contributed by atoms with van der Waals surface area (Å²) in [5, 5.41) is 9.18. The van der Waals surface area contributed by atoms with Crippen LogP contribution in [0.1, 0.15) is 21.5 Å². The van der Waals surface area contributed by atoms with E-state index in [1.54, 1.807) is 42.5 Å². The van der Waals surface area contributed by atoms with Gasteiger partial charge in [0.05, 0.1) is 16.7 Å². The first-order valence-electron chi connectivity index (χ1n) is 6.49. The number of fused-ring (bicyclic) bond motifs is 1. The average molecular weight is 312 g/mol. The summed E-state index contributed by atoms with van der Waals surface area (Å²) in [6, 6.07) is 11.9. The molecule has 1 aliphatic rings. The van der Waals surface area contributed by atoms with Crippen molar-refractivity contribution in [3.63, 3.8) is 0 Å². The number of rotatable bonds is 3. The van der Waals surface area contributed by atoms with Crippen molar-refractivity contribution in [2.24, 2.45) is 0 Å². The molecule has 0 saturated carbocycles. The molecule has 0 aromatic heterocycles. The minimum atomic E-state index is -0.154. The first kappa shape index (κ1) is 14.2. The molecule has 0 N–H and O–H groups in total. The van der Waals surface area contributed by atoms with Gasteiger partial charge in [0.2, 0.25) is 6.79 Å². The van der Waals surface area contributed by atoms with Gasteiger partial charge in [-0.05, 0) is 48.0 Å². The standard InChI is InChI=1S/C17H10ClNO3/c18-14-7-12(8-16-17(14)22-10-21-16)3-6-15(20)13-4-1-11(9-19)2-5-13/h1-8H,10H2/b6-3+. The highest BCUT2D eigenvalue weighted by molar-refractivity contribution is 6.32. The smallest absolute Gasteiger partial charge is 0.231 e. The van der Waals surface area contributed by atoms with Gasteiger partial charge in [-0.15, -0.1) is 0 Å². The molecule has 22 heavy (non-hydrogen) atoms. The maximum Gasteiger partial charge on any atom is 0.231 e. The van der Waals surface area contributed by atoms with Crippen LogP contribution >= 0.6 is 11.6 Å². The molecule has 0 radical (unpaired) electrons. The summed E-state index contributed by atoms with van der Waals surface area (Å²) in [5.74, 6) is 0.938. The Morgan fingerprint density at radius 1 is 1.23 bits per heavy atom. The van der Waals surface area contributed by atoms with E-state index in [1.165, 1.54) is 6.08 Å². The Balaban J connectivity index is 1.80. The minimum Gasteiger partial charge on any atom is -0.454 e. The van der Waals surface area contributed by atoms with Crippen molar-refractivity contribution in [2.75, 3.05) is 6.79 Å². The largest absolute Gasteiger partial charge is 0.454 e. The number of hydrogen-bond donors (Lipinski definition) is 0. The summed E-state index contributed by atoms with van der Waals surface area (Å²) < 4.78 is 10.5. The predicted molar refractivity (Wildman–Crippen MR) is 82.1 cm³/mol. The van der Waals surface area contributed by atoms with Gasteiger partial charge >= 0.3 is 0 Å². The number of ether oxygens (including phenoxy) is 2. The lowest BCUT2D eigenvalue weighted by atomic mass is 10.1. The van der Waals surface area contributed by atoms with Gasteiger partial charge in [0.25, 0.3) is 0 Å². The second-order valence-corrected chi connectivity index (χ2v) is 5.03. The minimum absolute atomic E-state index is 0.145. The Morgan fingerprint density at radius 2 is 2.00 bits per heavy atom. The Bertz CT molecular complexity index is 804. The predicted octanol–water partition coefficient (Wildman–Crippen LogP) is 3.84. The Kier molecular flexibility index (Phi) is 3.82. The molecule has 1 aliphatic heterocycles. The zero-order valence-corrected chi connectivity index (χ0v) is 12.1. The number of nitrogens with zero attached hydrogens (tertiary/aromatic N) is 1. The maximum absolute atomic E-state index is 12.1. The lowest BCUT2D eigenvalue weighted by Crippen LogP contribution is -1.93. The summed E-state index contributed by atoms with van der Waals surface area (Å²) in [5.41, 5.74) is 1.78. The van der Waals surface area contributed by atoms with Crippen LogP contribution in [-0.2, 0) is 0 Å². The third kappa shape index (κ3) is 2.80. The number of benzene rings is 2. The van der Waals surface area contributed by atoms with Gasteiger partial charge in [0, 0.05) is 5.56 Å². The summed E-state index contributed by atoms with van der Waals surface area (Å²) in [4.78, 5) is 12.1.